The lowest BCUT2D eigenvalue weighted by Gasteiger charge is -2.21. The third-order valence-corrected chi connectivity index (χ3v) is 3.58. The number of hydrogen-bond donors (Lipinski definition) is 1. The number of aliphatic hydroxyl groups is 1. The zero-order valence-corrected chi connectivity index (χ0v) is 10.6. The fraction of sp³-hybridized carbons (Fsp3) is 0.600. The molecule has 1 N–H and O–H groups in total. The topological polar surface area (TPSA) is 29.5 Å². The van der Waals surface area contributed by atoms with Crippen LogP contribution in [0.4, 0.5) is 0 Å². The highest BCUT2D eigenvalue weighted by Crippen LogP contribution is 2.33. The highest BCUT2D eigenvalue weighted by atomic mass is 16.5. The zero-order valence-electron chi connectivity index (χ0n) is 10.6. The number of rotatable bonds is 3. The van der Waals surface area contributed by atoms with Crippen molar-refractivity contribution in [3.05, 3.63) is 29.8 Å². The second-order valence-corrected chi connectivity index (χ2v) is 4.82. The summed E-state index contributed by atoms with van der Waals surface area (Å²) < 4.78 is 5.52. The quantitative estimate of drug-likeness (QED) is 0.811. The van der Waals surface area contributed by atoms with Crippen LogP contribution in [0.3, 0.4) is 0 Å². The van der Waals surface area contributed by atoms with Crippen LogP contribution in [0.2, 0.25) is 0 Å². The van der Waals surface area contributed by atoms with Gasteiger partial charge in [-0.05, 0) is 37.5 Å². The molecule has 2 atom stereocenters. The van der Waals surface area contributed by atoms with Crippen molar-refractivity contribution in [1.29, 1.82) is 0 Å². The summed E-state index contributed by atoms with van der Waals surface area (Å²) in [7, 11) is 0. The van der Waals surface area contributed by atoms with Gasteiger partial charge in [-0.25, -0.2) is 0 Å². The standard InChI is InChI=1S/C15H22O2/c1-2-17-13-8-6-7-12(11-13)14-9-4-3-5-10-15(14)16/h6-8,11,14-16H,2-5,9-10H2,1H3. The molecule has 0 saturated heterocycles. The minimum Gasteiger partial charge on any atom is -0.494 e. The molecule has 2 rings (SSSR count). The summed E-state index contributed by atoms with van der Waals surface area (Å²) >= 11 is 0. The molecule has 17 heavy (non-hydrogen) atoms. The summed E-state index contributed by atoms with van der Waals surface area (Å²) in [5.74, 6) is 1.21. The van der Waals surface area contributed by atoms with E-state index in [0.29, 0.717) is 6.61 Å². The van der Waals surface area contributed by atoms with Crippen LogP contribution in [0.1, 0.15) is 50.5 Å². The minimum atomic E-state index is -0.186. The van der Waals surface area contributed by atoms with Crippen molar-refractivity contribution in [2.45, 2.75) is 51.0 Å². The molecule has 1 aliphatic rings. The van der Waals surface area contributed by atoms with Crippen LogP contribution >= 0.6 is 0 Å². The van der Waals surface area contributed by atoms with Gasteiger partial charge in [0.25, 0.3) is 0 Å². The fourth-order valence-corrected chi connectivity index (χ4v) is 2.68. The Morgan fingerprint density at radius 1 is 1.24 bits per heavy atom. The lowest BCUT2D eigenvalue weighted by molar-refractivity contribution is 0.135. The number of aliphatic hydroxyl groups excluding tert-OH is 1. The number of ether oxygens (including phenoxy) is 1. The van der Waals surface area contributed by atoms with Gasteiger partial charge in [0.15, 0.2) is 0 Å². The SMILES string of the molecule is CCOc1cccc(C2CCCCCC2O)c1. The Bertz CT molecular complexity index is 349. The lowest BCUT2D eigenvalue weighted by atomic mass is 9.89. The summed E-state index contributed by atoms with van der Waals surface area (Å²) in [5, 5.41) is 10.2. The molecule has 0 aromatic heterocycles. The van der Waals surface area contributed by atoms with Crippen molar-refractivity contribution < 1.29 is 9.84 Å². The van der Waals surface area contributed by atoms with Crippen molar-refractivity contribution in [2.24, 2.45) is 0 Å². The van der Waals surface area contributed by atoms with Crippen LogP contribution in [0.15, 0.2) is 24.3 Å². The molecule has 2 heteroatoms. The Hall–Kier alpha value is -1.02. The Balaban J connectivity index is 2.16. The smallest absolute Gasteiger partial charge is 0.119 e. The summed E-state index contributed by atoms with van der Waals surface area (Å²) in [6, 6.07) is 8.21. The molecule has 1 aromatic rings. The van der Waals surface area contributed by atoms with Crippen molar-refractivity contribution in [1.82, 2.24) is 0 Å². The van der Waals surface area contributed by atoms with E-state index >= 15 is 0 Å². The molecule has 2 nitrogen and oxygen atoms in total. The highest BCUT2D eigenvalue weighted by Gasteiger charge is 2.23. The Morgan fingerprint density at radius 3 is 2.88 bits per heavy atom. The Labute approximate surface area is 104 Å². The zero-order chi connectivity index (χ0) is 12.1. The normalized spacial score (nSPS) is 25.3. The van der Waals surface area contributed by atoms with Crippen LogP contribution < -0.4 is 4.74 Å². The molecule has 1 saturated carbocycles. The number of hydrogen-bond acceptors (Lipinski definition) is 2. The molecule has 1 fully saturated rings. The Kier molecular flexibility index (Phi) is 4.43. The van der Waals surface area contributed by atoms with Gasteiger partial charge in [-0.3, -0.25) is 0 Å². The molecule has 1 aliphatic carbocycles. The highest BCUT2D eigenvalue weighted by molar-refractivity contribution is 5.31. The molecule has 2 unspecified atom stereocenters. The molecular weight excluding hydrogens is 212 g/mol. The fourth-order valence-electron chi connectivity index (χ4n) is 2.68. The van der Waals surface area contributed by atoms with E-state index in [2.05, 4.69) is 12.1 Å². The summed E-state index contributed by atoms with van der Waals surface area (Å²) in [5.41, 5.74) is 1.23. The monoisotopic (exact) mass is 234 g/mol. The van der Waals surface area contributed by atoms with Gasteiger partial charge in [0.1, 0.15) is 5.75 Å². The molecule has 0 heterocycles. The van der Waals surface area contributed by atoms with Gasteiger partial charge in [-0.2, -0.15) is 0 Å². The predicted octanol–water partition coefficient (Wildman–Crippen LogP) is 3.49. The van der Waals surface area contributed by atoms with Gasteiger partial charge in [-0.1, -0.05) is 31.4 Å². The van der Waals surface area contributed by atoms with E-state index in [1.165, 1.54) is 18.4 Å². The molecule has 94 valence electrons. The predicted molar refractivity (Wildman–Crippen MR) is 69.4 cm³/mol. The molecule has 0 spiro atoms. The van der Waals surface area contributed by atoms with Crippen molar-refractivity contribution >= 4 is 0 Å². The van der Waals surface area contributed by atoms with E-state index in [1.54, 1.807) is 0 Å². The van der Waals surface area contributed by atoms with Gasteiger partial charge in [0, 0.05) is 5.92 Å². The first kappa shape index (κ1) is 12.4. The molecule has 1 aromatic carbocycles. The second-order valence-electron chi connectivity index (χ2n) is 4.82. The molecule has 0 bridgehead atoms. The first-order chi connectivity index (χ1) is 8.31. The van der Waals surface area contributed by atoms with Gasteiger partial charge < -0.3 is 9.84 Å². The van der Waals surface area contributed by atoms with E-state index in [1.807, 2.05) is 19.1 Å². The second kappa shape index (κ2) is 6.06. The lowest BCUT2D eigenvalue weighted by Crippen LogP contribution is -2.16. The van der Waals surface area contributed by atoms with Gasteiger partial charge in [-0.15, -0.1) is 0 Å². The summed E-state index contributed by atoms with van der Waals surface area (Å²) in [6.45, 7) is 2.68. The maximum Gasteiger partial charge on any atom is 0.119 e. The number of benzene rings is 1. The average molecular weight is 234 g/mol. The van der Waals surface area contributed by atoms with E-state index in [0.717, 1.165) is 25.0 Å². The minimum absolute atomic E-state index is 0.186. The van der Waals surface area contributed by atoms with Crippen molar-refractivity contribution in [3.8, 4) is 5.75 Å². The van der Waals surface area contributed by atoms with Crippen LogP contribution in [-0.2, 0) is 0 Å². The maximum absolute atomic E-state index is 10.2. The first-order valence-corrected chi connectivity index (χ1v) is 6.72. The molecule has 0 aliphatic heterocycles. The van der Waals surface area contributed by atoms with Crippen LogP contribution in [0, 0.1) is 0 Å². The maximum atomic E-state index is 10.2. The van der Waals surface area contributed by atoms with Crippen LogP contribution in [0.5, 0.6) is 5.75 Å². The molecular formula is C15H22O2. The third kappa shape index (κ3) is 3.22. The largest absolute Gasteiger partial charge is 0.494 e. The van der Waals surface area contributed by atoms with Crippen molar-refractivity contribution in [3.63, 3.8) is 0 Å². The summed E-state index contributed by atoms with van der Waals surface area (Å²) in [4.78, 5) is 0. The van der Waals surface area contributed by atoms with E-state index < -0.39 is 0 Å². The molecule has 0 amide bonds. The van der Waals surface area contributed by atoms with Crippen molar-refractivity contribution in [2.75, 3.05) is 6.61 Å². The average Bonchev–Trinajstić information content (AvgIpc) is 2.55. The molecule has 0 radical (unpaired) electrons. The van der Waals surface area contributed by atoms with Gasteiger partial charge in [0.05, 0.1) is 12.7 Å². The first-order valence-electron chi connectivity index (χ1n) is 6.72. The van der Waals surface area contributed by atoms with Gasteiger partial charge in [0.2, 0.25) is 0 Å². The third-order valence-electron chi connectivity index (χ3n) is 3.58. The van der Waals surface area contributed by atoms with Crippen LogP contribution in [0.25, 0.3) is 0 Å². The van der Waals surface area contributed by atoms with E-state index in [9.17, 15) is 5.11 Å². The summed E-state index contributed by atoms with van der Waals surface area (Å²) in [6.07, 6.45) is 5.47. The Morgan fingerprint density at radius 2 is 2.06 bits per heavy atom. The van der Waals surface area contributed by atoms with E-state index in [4.69, 9.17) is 4.74 Å². The van der Waals surface area contributed by atoms with Gasteiger partial charge >= 0.3 is 0 Å². The van der Waals surface area contributed by atoms with E-state index in [-0.39, 0.29) is 12.0 Å². The van der Waals surface area contributed by atoms with Crippen LogP contribution in [-0.4, -0.2) is 17.8 Å².